The molecule has 1 fully saturated rings. The van der Waals surface area contributed by atoms with Crippen LogP contribution in [0.3, 0.4) is 0 Å². The highest BCUT2D eigenvalue weighted by atomic mass is 16.5. The number of primary amides is 1. The molecular weight excluding hydrogens is 288 g/mol. The van der Waals surface area contributed by atoms with E-state index in [9.17, 15) is 14.4 Å². The molecule has 0 spiro atoms. The normalized spacial score (nSPS) is 17.8. The van der Waals surface area contributed by atoms with Gasteiger partial charge in [-0.1, -0.05) is 0 Å². The number of amides is 2. The maximum Gasteiger partial charge on any atom is 0.308 e. The third kappa shape index (κ3) is 3.97. The number of carbonyl (C=O) groups is 3. The minimum Gasteiger partial charge on any atom is -0.484 e. The highest BCUT2D eigenvalue weighted by Gasteiger charge is 2.28. The van der Waals surface area contributed by atoms with Gasteiger partial charge < -0.3 is 20.5 Å². The molecule has 1 aliphatic heterocycles. The highest BCUT2D eigenvalue weighted by Crippen LogP contribution is 2.17. The fourth-order valence-corrected chi connectivity index (χ4v) is 2.36. The predicted octanol–water partition coefficient (Wildman–Crippen LogP) is 0.487. The molecule has 0 aliphatic carbocycles. The fraction of sp³-hybridized carbons (Fsp3) is 0.400. The van der Waals surface area contributed by atoms with E-state index in [-0.39, 0.29) is 19.1 Å². The smallest absolute Gasteiger partial charge is 0.308 e. The lowest BCUT2D eigenvalue weighted by Gasteiger charge is -2.30. The number of benzene rings is 1. The molecule has 7 nitrogen and oxygen atoms in total. The average Bonchev–Trinajstić information content (AvgIpc) is 2.53. The van der Waals surface area contributed by atoms with Crippen LogP contribution in [0.15, 0.2) is 24.3 Å². The Kier molecular flexibility index (Phi) is 4.98. The summed E-state index contributed by atoms with van der Waals surface area (Å²) in [6.07, 6.45) is 1.27. The number of aliphatic carboxylic acids is 1. The van der Waals surface area contributed by atoms with Crippen molar-refractivity contribution < 1.29 is 24.2 Å². The summed E-state index contributed by atoms with van der Waals surface area (Å²) in [7, 11) is 0. The minimum absolute atomic E-state index is 0.164. The van der Waals surface area contributed by atoms with Gasteiger partial charge in [0.25, 0.3) is 5.91 Å². The SMILES string of the molecule is NC(=O)c1ccc(OCC(=O)N2CCC[C@@H](C(=O)O)C2)cc1. The van der Waals surface area contributed by atoms with Crippen LogP contribution >= 0.6 is 0 Å². The quantitative estimate of drug-likeness (QED) is 0.822. The highest BCUT2D eigenvalue weighted by molar-refractivity contribution is 5.92. The van der Waals surface area contributed by atoms with Crippen LogP contribution in [0.25, 0.3) is 0 Å². The molecule has 22 heavy (non-hydrogen) atoms. The van der Waals surface area contributed by atoms with E-state index in [0.29, 0.717) is 30.7 Å². The Morgan fingerprint density at radius 1 is 1.27 bits per heavy atom. The molecule has 0 bridgehead atoms. The number of ether oxygens (including phenoxy) is 1. The second-order valence-corrected chi connectivity index (χ2v) is 5.19. The number of carboxylic acids is 1. The van der Waals surface area contributed by atoms with Crippen LogP contribution in [0.2, 0.25) is 0 Å². The number of likely N-dealkylation sites (tertiary alicyclic amines) is 1. The van der Waals surface area contributed by atoms with Gasteiger partial charge in [-0.25, -0.2) is 0 Å². The lowest BCUT2D eigenvalue weighted by atomic mass is 9.98. The van der Waals surface area contributed by atoms with Gasteiger partial charge in [0.1, 0.15) is 5.75 Å². The van der Waals surface area contributed by atoms with Gasteiger partial charge in [0.05, 0.1) is 5.92 Å². The summed E-state index contributed by atoms with van der Waals surface area (Å²) in [5.74, 6) is -1.71. The number of piperidine rings is 1. The topological polar surface area (TPSA) is 110 Å². The molecule has 1 heterocycles. The first kappa shape index (κ1) is 15.8. The van der Waals surface area contributed by atoms with Crippen molar-refractivity contribution in [3.05, 3.63) is 29.8 Å². The summed E-state index contributed by atoms with van der Waals surface area (Å²) in [6.45, 7) is 0.604. The zero-order valence-corrected chi connectivity index (χ0v) is 12.0. The first-order valence-corrected chi connectivity index (χ1v) is 7.00. The van der Waals surface area contributed by atoms with Crippen molar-refractivity contribution >= 4 is 17.8 Å². The molecule has 1 aromatic rings. The van der Waals surface area contributed by atoms with Crippen LogP contribution in [0.4, 0.5) is 0 Å². The molecule has 7 heteroatoms. The largest absolute Gasteiger partial charge is 0.484 e. The summed E-state index contributed by atoms with van der Waals surface area (Å²) < 4.78 is 5.36. The third-order valence-corrected chi connectivity index (χ3v) is 3.62. The summed E-state index contributed by atoms with van der Waals surface area (Å²) in [5, 5.41) is 9.01. The zero-order chi connectivity index (χ0) is 16.1. The molecule has 3 N–H and O–H groups in total. The van der Waals surface area contributed by atoms with Gasteiger partial charge in [0.2, 0.25) is 5.91 Å². The van der Waals surface area contributed by atoms with Gasteiger partial charge >= 0.3 is 5.97 Å². The molecule has 1 saturated heterocycles. The van der Waals surface area contributed by atoms with E-state index in [1.165, 1.54) is 17.0 Å². The van der Waals surface area contributed by atoms with Crippen LogP contribution in [0.5, 0.6) is 5.75 Å². The van der Waals surface area contributed by atoms with Gasteiger partial charge in [-0.2, -0.15) is 0 Å². The number of rotatable bonds is 5. The lowest BCUT2D eigenvalue weighted by Crippen LogP contribution is -2.44. The van der Waals surface area contributed by atoms with E-state index in [2.05, 4.69) is 0 Å². The van der Waals surface area contributed by atoms with E-state index in [1.54, 1.807) is 12.1 Å². The molecule has 0 unspecified atom stereocenters. The Morgan fingerprint density at radius 2 is 1.95 bits per heavy atom. The third-order valence-electron chi connectivity index (χ3n) is 3.62. The van der Waals surface area contributed by atoms with Crippen molar-refractivity contribution in [1.29, 1.82) is 0 Å². The second kappa shape index (κ2) is 6.93. The van der Waals surface area contributed by atoms with Crippen LogP contribution in [-0.4, -0.2) is 47.5 Å². The zero-order valence-electron chi connectivity index (χ0n) is 12.0. The van der Waals surface area contributed by atoms with Crippen LogP contribution in [-0.2, 0) is 9.59 Å². The van der Waals surface area contributed by atoms with Gasteiger partial charge in [-0.3, -0.25) is 14.4 Å². The van der Waals surface area contributed by atoms with E-state index in [1.807, 2.05) is 0 Å². The average molecular weight is 306 g/mol. The van der Waals surface area contributed by atoms with Crippen molar-refractivity contribution in [2.45, 2.75) is 12.8 Å². The molecule has 0 saturated carbocycles. The monoisotopic (exact) mass is 306 g/mol. The lowest BCUT2D eigenvalue weighted by molar-refractivity contribution is -0.146. The van der Waals surface area contributed by atoms with E-state index >= 15 is 0 Å². The molecule has 1 aromatic carbocycles. The van der Waals surface area contributed by atoms with Crippen molar-refractivity contribution in [2.24, 2.45) is 11.7 Å². The molecule has 118 valence electrons. The molecule has 2 rings (SSSR count). The second-order valence-electron chi connectivity index (χ2n) is 5.19. The Bertz CT molecular complexity index is 570. The fourth-order valence-electron chi connectivity index (χ4n) is 2.36. The molecule has 0 radical (unpaired) electrons. The van der Waals surface area contributed by atoms with E-state index in [0.717, 1.165) is 0 Å². The Balaban J connectivity index is 1.86. The Morgan fingerprint density at radius 3 is 2.55 bits per heavy atom. The Labute approximate surface area is 127 Å². The maximum absolute atomic E-state index is 12.0. The van der Waals surface area contributed by atoms with Crippen molar-refractivity contribution in [2.75, 3.05) is 19.7 Å². The number of hydrogen-bond donors (Lipinski definition) is 2. The Hall–Kier alpha value is -2.57. The van der Waals surface area contributed by atoms with Gasteiger partial charge in [-0.05, 0) is 37.1 Å². The summed E-state index contributed by atoms with van der Waals surface area (Å²) in [4.78, 5) is 35.5. The standard InChI is InChI=1S/C15H18N2O5/c16-14(19)10-3-5-12(6-4-10)22-9-13(18)17-7-1-2-11(8-17)15(20)21/h3-6,11H,1-2,7-9H2,(H2,16,19)(H,20,21)/t11-/m1/s1. The molecule has 1 atom stereocenters. The molecule has 0 aromatic heterocycles. The van der Waals surface area contributed by atoms with Crippen LogP contribution in [0.1, 0.15) is 23.2 Å². The first-order valence-electron chi connectivity index (χ1n) is 7.00. The van der Waals surface area contributed by atoms with Gasteiger partial charge in [-0.15, -0.1) is 0 Å². The maximum atomic E-state index is 12.0. The number of carboxylic acid groups (broad SMARTS) is 1. The van der Waals surface area contributed by atoms with Crippen LogP contribution < -0.4 is 10.5 Å². The summed E-state index contributed by atoms with van der Waals surface area (Å²) in [5.41, 5.74) is 5.49. The number of nitrogens with two attached hydrogens (primary N) is 1. The number of carbonyl (C=O) groups excluding carboxylic acids is 2. The minimum atomic E-state index is -0.875. The molecular formula is C15H18N2O5. The van der Waals surface area contributed by atoms with Crippen molar-refractivity contribution in [3.63, 3.8) is 0 Å². The molecule has 2 amide bonds. The van der Waals surface area contributed by atoms with E-state index in [4.69, 9.17) is 15.6 Å². The summed E-state index contributed by atoms with van der Waals surface area (Å²) >= 11 is 0. The van der Waals surface area contributed by atoms with Crippen molar-refractivity contribution in [3.8, 4) is 5.75 Å². The predicted molar refractivity (Wildman–Crippen MR) is 77.4 cm³/mol. The number of nitrogens with zero attached hydrogens (tertiary/aromatic N) is 1. The summed E-state index contributed by atoms with van der Waals surface area (Å²) in [6, 6.07) is 6.15. The van der Waals surface area contributed by atoms with Crippen LogP contribution in [0, 0.1) is 5.92 Å². The van der Waals surface area contributed by atoms with Gasteiger partial charge in [0, 0.05) is 18.7 Å². The number of hydrogen-bond acceptors (Lipinski definition) is 4. The van der Waals surface area contributed by atoms with Gasteiger partial charge in [0.15, 0.2) is 6.61 Å². The van der Waals surface area contributed by atoms with Crippen molar-refractivity contribution in [1.82, 2.24) is 4.90 Å². The van der Waals surface area contributed by atoms with E-state index < -0.39 is 17.8 Å². The first-order chi connectivity index (χ1) is 10.5. The molecule has 1 aliphatic rings.